The first kappa shape index (κ1) is 48.8. The molecule has 2 aliphatic heterocycles. The Bertz CT molecular complexity index is 1930. The zero-order chi connectivity index (χ0) is 44.2. The summed E-state index contributed by atoms with van der Waals surface area (Å²) in [5.41, 5.74) is 4.33. The summed E-state index contributed by atoms with van der Waals surface area (Å²) in [4.78, 5) is 26.2. The highest BCUT2D eigenvalue weighted by molar-refractivity contribution is 5.87. The molecule has 2 aromatic carbocycles. The zero-order valence-corrected chi connectivity index (χ0v) is 39.5. The van der Waals surface area contributed by atoms with Gasteiger partial charge in [-0.2, -0.15) is 0 Å². The summed E-state index contributed by atoms with van der Waals surface area (Å²) in [7, 11) is 0. The summed E-state index contributed by atoms with van der Waals surface area (Å²) in [6.45, 7) is 13.1. The summed E-state index contributed by atoms with van der Waals surface area (Å²) < 4.78 is 34.7. The summed E-state index contributed by atoms with van der Waals surface area (Å²) >= 11 is 0. The first-order valence-corrected chi connectivity index (χ1v) is 25.4. The van der Waals surface area contributed by atoms with E-state index in [9.17, 15) is 9.59 Å². The van der Waals surface area contributed by atoms with Crippen LogP contribution in [0.15, 0.2) is 58.1 Å². The van der Waals surface area contributed by atoms with Crippen molar-refractivity contribution in [2.45, 2.75) is 206 Å². The van der Waals surface area contributed by atoms with Crippen LogP contribution in [-0.4, -0.2) is 47.8 Å². The molecule has 9 nitrogen and oxygen atoms in total. The van der Waals surface area contributed by atoms with Crippen LogP contribution in [0.25, 0.3) is 21.8 Å². The highest BCUT2D eigenvalue weighted by Gasteiger charge is 2.21. The standard InChI is InChI=1S/C54H80N2O7/c1-5-7-31-55-47-29-27-43(49-25-21-35-59-49)37-45(47)51(39-53(55)57)61-33-19-15-11-9-13-17-23-41(3)63-42(4)24-18-14-10-12-16-20-34-62-52-40-54(58)56(32-8-6-2)48-30-28-44(38-46(48)52)50-26-22-36-60-50/h27-30,37-42,49-50H,5-26,31-36H2,1-4H3. The molecule has 2 saturated heterocycles. The average Bonchev–Trinajstić information content (AvgIpc) is 4.04. The zero-order valence-electron chi connectivity index (χ0n) is 39.5. The predicted molar refractivity (Wildman–Crippen MR) is 258 cm³/mol. The maximum Gasteiger partial charge on any atom is 0.254 e. The SMILES string of the molecule is CCCCn1c(=O)cc(OCCCCCCCCC(C)OC(C)CCCCCCCCOc2cc(=O)n(CCCC)c3ccc(C4CCCO4)cc23)c2cc(C3CCCO3)ccc21. The molecule has 348 valence electrons. The molecule has 4 atom stereocenters. The molecule has 63 heavy (non-hydrogen) atoms. The number of aromatic nitrogens is 2. The fourth-order valence-corrected chi connectivity index (χ4v) is 9.54. The third kappa shape index (κ3) is 14.7. The fourth-order valence-electron chi connectivity index (χ4n) is 9.54. The lowest BCUT2D eigenvalue weighted by Crippen LogP contribution is -2.20. The lowest BCUT2D eigenvalue weighted by atomic mass is 10.0. The highest BCUT2D eigenvalue weighted by Crippen LogP contribution is 2.35. The van der Waals surface area contributed by atoms with E-state index >= 15 is 0 Å². The predicted octanol–water partition coefficient (Wildman–Crippen LogP) is 13.3. The van der Waals surface area contributed by atoms with Crippen molar-refractivity contribution in [3.63, 3.8) is 0 Å². The van der Waals surface area contributed by atoms with E-state index < -0.39 is 0 Å². The minimum atomic E-state index is 0.0211. The summed E-state index contributed by atoms with van der Waals surface area (Å²) in [5.74, 6) is 1.42. The molecular formula is C54H80N2O7. The van der Waals surface area contributed by atoms with Gasteiger partial charge in [-0.15, -0.1) is 0 Å². The van der Waals surface area contributed by atoms with Gasteiger partial charge in [0.2, 0.25) is 0 Å². The number of ether oxygens (including phenoxy) is 5. The Morgan fingerprint density at radius 2 is 0.968 bits per heavy atom. The van der Waals surface area contributed by atoms with Crippen LogP contribution in [0.2, 0.25) is 0 Å². The molecule has 0 aliphatic carbocycles. The van der Waals surface area contributed by atoms with Crippen LogP contribution in [0.5, 0.6) is 11.5 Å². The van der Waals surface area contributed by atoms with Crippen molar-refractivity contribution >= 4 is 21.8 Å². The number of hydrogen-bond donors (Lipinski definition) is 0. The first-order chi connectivity index (χ1) is 30.9. The smallest absolute Gasteiger partial charge is 0.254 e. The van der Waals surface area contributed by atoms with Crippen molar-refractivity contribution in [2.24, 2.45) is 0 Å². The Hall–Kier alpha value is -3.66. The number of fused-ring (bicyclic) bond motifs is 2. The Morgan fingerprint density at radius 3 is 1.37 bits per heavy atom. The minimum Gasteiger partial charge on any atom is -0.493 e. The summed E-state index contributed by atoms with van der Waals surface area (Å²) in [5, 5.41) is 2.05. The molecule has 9 heteroatoms. The van der Waals surface area contributed by atoms with Crippen LogP contribution in [-0.2, 0) is 27.3 Å². The Labute approximate surface area is 378 Å². The molecule has 4 aromatic rings. The number of unbranched alkanes of at least 4 members (excludes halogenated alkanes) is 12. The third-order valence-electron chi connectivity index (χ3n) is 13.3. The summed E-state index contributed by atoms with van der Waals surface area (Å²) in [6.07, 6.45) is 25.4. The molecule has 2 fully saturated rings. The molecule has 0 N–H and O–H groups in total. The maximum absolute atomic E-state index is 13.1. The van der Waals surface area contributed by atoms with E-state index in [0.717, 1.165) is 138 Å². The second-order valence-electron chi connectivity index (χ2n) is 18.5. The van der Waals surface area contributed by atoms with Crippen LogP contribution in [0.3, 0.4) is 0 Å². The number of benzene rings is 2. The van der Waals surface area contributed by atoms with E-state index in [1.165, 1.54) is 62.5 Å². The van der Waals surface area contributed by atoms with Crippen LogP contribution in [0, 0.1) is 0 Å². The van der Waals surface area contributed by atoms with E-state index in [1.54, 1.807) is 12.1 Å². The van der Waals surface area contributed by atoms with Crippen molar-refractivity contribution in [1.29, 1.82) is 0 Å². The van der Waals surface area contributed by atoms with E-state index in [1.807, 2.05) is 9.13 Å². The second kappa shape index (κ2) is 26.3. The van der Waals surface area contributed by atoms with Gasteiger partial charge in [0.1, 0.15) is 11.5 Å². The van der Waals surface area contributed by atoms with Crippen LogP contribution < -0.4 is 20.6 Å². The molecule has 2 aromatic heterocycles. The van der Waals surface area contributed by atoms with Gasteiger partial charge in [-0.3, -0.25) is 9.59 Å². The normalized spacial score (nSPS) is 17.5. The van der Waals surface area contributed by atoms with Crippen molar-refractivity contribution in [3.05, 3.63) is 80.4 Å². The van der Waals surface area contributed by atoms with E-state index in [0.29, 0.717) is 36.9 Å². The Morgan fingerprint density at radius 1 is 0.556 bits per heavy atom. The molecule has 0 spiro atoms. The van der Waals surface area contributed by atoms with E-state index in [4.69, 9.17) is 23.7 Å². The Balaban J connectivity index is 0.795. The molecule has 4 heterocycles. The van der Waals surface area contributed by atoms with Gasteiger partial charge in [-0.05, 0) is 113 Å². The lowest BCUT2D eigenvalue weighted by Gasteiger charge is -2.19. The Kier molecular flexibility index (Phi) is 20.4. The number of rotatable bonds is 30. The van der Waals surface area contributed by atoms with Crippen LogP contribution in [0.1, 0.15) is 192 Å². The van der Waals surface area contributed by atoms with Gasteiger partial charge >= 0.3 is 0 Å². The van der Waals surface area contributed by atoms with Crippen LogP contribution in [0.4, 0.5) is 0 Å². The second-order valence-corrected chi connectivity index (χ2v) is 18.5. The minimum absolute atomic E-state index is 0.0211. The molecule has 0 bridgehead atoms. The first-order valence-electron chi connectivity index (χ1n) is 25.4. The third-order valence-corrected chi connectivity index (χ3v) is 13.3. The highest BCUT2D eigenvalue weighted by atomic mass is 16.5. The van der Waals surface area contributed by atoms with Gasteiger partial charge in [0, 0.05) is 49.2 Å². The van der Waals surface area contributed by atoms with Crippen molar-refractivity contribution in [3.8, 4) is 11.5 Å². The molecular weight excluding hydrogens is 789 g/mol. The number of pyridine rings is 2. The topological polar surface area (TPSA) is 90.2 Å². The molecule has 0 amide bonds. The van der Waals surface area contributed by atoms with Gasteiger partial charge in [0.15, 0.2) is 0 Å². The monoisotopic (exact) mass is 869 g/mol. The van der Waals surface area contributed by atoms with Crippen molar-refractivity contribution in [2.75, 3.05) is 26.4 Å². The fraction of sp³-hybridized carbons (Fsp3) is 0.667. The molecule has 4 unspecified atom stereocenters. The average molecular weight is 869 g/mol. The van der Waals surface area contributed by atoms with E-state index in [2.05, 4.69) is 64.1 Å². The van der Waals surface area contributed by atoms with Crippen LogP contribution >= 0.6 is 0 Å². The molecule has 0 radical (unpaired) electrons. The number of aryl methyl sites for hydroxylation is 2. The number of nitrogens with zero attached hydrogens (tertiary/aromatic N) is 2. The molecule has 6 rings (SSSR count). The van der Waals surface area contributed by atoms with Gasteiger partial charge < -0.3 is 32.8 Å². The van der Waals surface area contributed by atoms with Gasteiger partial charge in [0.25, 0.3) is 11.1 Å². The van der Waals surface area contributed by atoms with Gasteiger partial charge in [0.05, 0.1) is 48.7 Å². The van der Waals surface area contributed by atoms with Gasteiger partial charge in [-0.1, -0.05) is 103 Å². The maximum atomic E-state index is 13.1. The quantitative estimate of drug-likeness (QED) is 0.0482. The van der Waals surface area contributed by atoms with Gasteiger partial charge in [-0.25, -0.2) is 0 Å². The molecule has 2 aliphatic rings. The van der Waals surface area contributed by atoms with E-state index in [-0.39, 0.29) is 23.3 Å². The van der Waals surface area contributed by atoms with Crippen molar-refractivity contribution < 1.29 is 23.7 Å². The number of hydrogen-bond acceptors (Lipinski definition) is 7. The molecule has 0 saturated carbocycles. The summed E-state index contributed by atoms with van der Waals surface area (Å²) in [6, 6.07) is 16.2. The van der Waals surface area contributed by atoms with Crippen molar-refractivity contribution in [1.82, 2.24) is 9.13 Å². The lowest BCUT2D eigenvalue weighted by molar-refractivity contribution is -0.00232. The largest absolute Gasteiger partial charge is 0.493 e.